The van der Waals surface area contributed by atoms with Crippen LogP contribution in [0.5, 0.6) is 5.75 Å². The first-order chi connectivity index (χ1) is 15.9. The maximum atomic E-state index is 13.5. The molecule has 1 aromatic heterocycles. The predicted molar refractivity (Wildman–Crippen MR) is 127 cm³/mol. The van der Waals surface area contributed by atoms with Crippen LogP contribution in [-0.2, 0) is 26.0 Å². The van der Waals surface area contributed by atoms with Gasteiger partial charge in [-0.25, -0.2) is 13.3 Å². The molecule has 9 heteroatoms. The van der Waals surface area contributed by atoms with Gasteiger partial charge < -0.3 is 4.74 Å². The summed E-state index contributed by atoms with van der Waals surface area (Å²) >= 11 is 1.09. The van der Waals surface area contributed by atoms with Crippen LogP contribution in [0.2, 0.25) is 0 Å². The second-order valence-corrected chi connectivity index (χ2v) is 10.6. The van der Waals surface area contributed by atoms with Crippen LogP contribution in [0.3, 0.4) is 0 Å². The Morgan fingerprint density at radius 3 is 2.39 bits per heavy atom. The Labute approximate surface area is 197 Å². The third-order valence-corrected chi connectivity index (χ3v) is 8.68. The van der Waals surface area contributed by atoms with Gasteiger partial charge in [0.1, 0.15) is 16.0 Å². The maximum Gasteiger partial charge on any atom is 0.253 e. The number of carbonyl (C=O) groups excluding carboxylic acids is 2. The van der Waals surface area contributed by atoms with E-state index in [0.717, 1.165) is 21.8 Å². The molecule has 172 valence electrons. The van der Waals surface area contributed by atoms with Crippen LogP contribution in [0.1, 0.15) is 18.9 Å². The Morgan fingerprint density at radius 1 is 1.03 bits per heavy atom. The van der Waals surface area contributed by atoms with Crippen molar-refractivity contribution in [1.29, 1.82) is 0 Å². The fraction of sp³-hybridized carbons (Fsp3) is 0.250. The van der Waals surface area contributed by atoms with E-state index >= 15 is 0 Å². The molecule has 0 spiro atoms. The van der Waals surface area contributed by atoms with E-state index in [4.69, 9.17) is 4.74 Å². The minimum atomic E-state index is -3.96. The molecule has 0 N–H and O–H groups in total. The molecule has 0 radical (unpaired) electrons. The summed E-state index contributed by atoms with van der Waals surface area (Å²) in [6.45, 7) is 2.45. The molecule has 0 saturated carbocycles. The van der Waals surface area contributed by atoms with E-state index in [1.807, 2.05) is 37.3 Å². The van der Waals surface area contributed by atoms with Crippen molar-refractivity contribution >= 4 is 38.9 Å². The van der Waals surface area contributed by atoms with Gasteiger partial charge in [0.15, 0.2) is 0 Å². The molecule has 1 unspecified atom stereocenters. The van der Waals surface area contributed by atoms with Crippen molar-refractivity contribution in [1.82, 2.24) is 4.31 Å². The van der Waals surface area contributed by atoms with Crippen LogP contribution in [0, 0.1) is 0 Å². The molecule has 2 aromatic carbocycles. The zero-order chi connectivity index (χ0) is 23.4. The van der Waals surface area contributed by atoms with Crippen LogP contribution < -0.4 is 9.64 Å². The van der Waals surface area contributed by atoms with Crippen LogP contribution >= 0.6 is 11.3 Å². The first-order valence-electron chi connectivity index (χ1n) is 10.6. The van der Waals surface area contributed by atoms with Gasteiger partial charge in [-0.05, 0) is 54.6 Å². The lowest BCUT2D eigenvalue weighted by Gasteiger charge is -2.26. The molecule has 4 rings (SSSR count). The molecule has 7 nitrogen and oxygen atoms in total. The largest absolute Gasteiger partial charge is 0.494 e. The molecule has 33 heavy (non-hydrogen) atoms. The summed E-state index contributed by atoms with van der Waals surface area (Å²) < 4.78 is 33.7. The zero-order valence-electron chi connectivity index (χ0n) is 18.1. The van der Waals surface area contributed by atoms with Gasteiger partial charge in [0.05, 0.1) is 18.7 Å². The third-order valence-electron chi connectivity index (χ3n) is 5.40. The second kappa shape index (κ2) is 9.86. The number of imide groups is 1. The Morgan fingerprint density at radius 2 is 1.76 bits per heavy atom. The summed E-state index contributed by atoms with van der Waals surface area (Å²) in [5.74, 6) is -0.348. The van der Waals surface area contributed by atoms with E-state index in [0.29, 0.717) is 24.5 Å². The predicted octanol–water partition coefficient (Wildman–Crippen LogP) is 3.71. The molecule has 1 fully saturated rings. The lowest BCUT2D eigenvalue weighted by Crippen LogP contribution is -2.46. The molecule has 0 aliphatic carbocycles. The summed E-state index contributed by atoms with van der Waals surface area (Å²) in [5, 5.41) is 1.68. The van der Waals surface area contributed by atoms with Gasteiger partial charge in [-0.15, -0.1) is 11.3 Å². The fourth-order valence-corrected chi connectivity index (χ4v) is 6.53. The summed E-state index contributed by atoms with van der Waals surface area (Å²) in [6, 6.07) is 18.2. The van der Waals surface area contributed by atoms with E-state index in [2.05, 4.69) is 0 Å². The van der Waals surface area contributed by atoms with E-state index < -0.39 is 27.9 Å². The molecule has 0 bridgehead atoms. The first-order valence-corrected chi connectivity index (χ1v) is 12.9. The van der Waals surface area contributed by atoms with Gasteiger partial charge in [0, 0.05) is 6.54 Å². The second-order valence-electron chi connectivity index (χ2n) is 7.50. The van der Waals surface area contributed by atoms with Gasteiger partial charge in [-0.2, -0.15) is 4.31 Å². The lowest BCUT2D eigenvalue weighted by atomic mass is 10.1. The lowest BCUT2D eigenvalue weighted by molar-refractivity contribution is -0.122. The number of benzene rings is 2. The zero-order valence-corrected chi connectivity index (χ0v) is 19.7. The number of rotatable bonds is 9. The number of nitrogens with zero attached hydrogens (tertiary/aromatic N) is 2. The molecule has 2 amide bonds. The minimum absolute atomic E-state index is 0.0883. The summed E-state index contributed by atoms with van der Waals surface area (Å²) in [6.07, 6.45) is 0.220. The summed E-state index contributed by atoms with van der Waals surface area (Å²) in [7, 11) is -3.96. The monoisotopic (exact) mass is 484 g/mol. The highest BCUT2D eigenvalue weighted by Gasteiger charge is 2.47. The quantitative estimate of drug-likeness (QED) is 0.433. The van der Waals surface area contributed by atoms with Gasteiger partial charge in [-0.3, -0.25) is 9.59 Å². The minimum Gasteiger partial charge on any atom is -0.494 e. The smallest absolute Gasteiger partial charge is 0.253 e. The molecule has 1 aliphatic heterocycles. The number of hydrogen-bond acceptors (Lipinski definition) is 6. The van der Waals surface area contributed by atoms with Crippen LogP contribution in [0.15, 0.2) is 76.3 Å². The van der Waals surface area contributed by atoms with Crippen molar-refractivity contribution < 1.29 is 22.7 Å². The topological polar surface area (TPSA) is 84.0 Å². The number of sulfonamides is 1. The molecule has 3 aromatic rings. The molecule has 1 atom stereocenters. The molecule has 2 heterocycles. The molecule has 1 aliphatic rings. The van der Waals surface area contributed by atoms with Crippen molar-refractivity contribution in [3.05, 3.63) is 77.7 Å². The number of amides is 2. The number of ether oxygens (including phenoxy) is 1. The SMILES string of the molecule is CCOc1ccc(N2C(=O)CC(N(CCc3ccccc3)S(=O)(=O)c3cccs3)C2=O)cc1. The van der Waals surface area contributed by atoms with Gasteiger partial charge >= 0.3 is 0 Å². The molecular formula is C24H24N2O5S2. The Hall–Kier alpha value is -3.01. The van der Waals surface area contributed by atoms with Crippen molar-refractivity contribution in [2.24, 2.45) is 0 Å². The maximum absolute atomic E-state index is 13.5. The highest BCUT2D eigenvalue weighted by atomic mass is 32.2. The van der Waals surface area contributed by atoms with Crippen molar-refractivity contribution in [3.63, 3.8) is 0 Å². The van der Waals surface area contributed by atoms with Crippen molar-refractivity contribution in [3.8, 4) is 5.75 Å². The number of carbonyl (C=O) groups is 2. The number of anilines is 1. The average Bonchev–Trinajstić information content (AvgIpc) is 3.45. The van der Waals surface area contributed by atoms with Gasteiger partial charge in [0.2, 0.25) is 5.91 Å². The Bertz CT molecular complexity index is 1210. The Balaban J connectivity index is 1.63. The van der Waals surface area contributed by atoms with Crippen LogP contribution in [0.4, 0.5) is 5.69 Å². The first kappa shape index (κ1) is 23.2. The van der Waals surface area contributed by atoms with Gasteiger partial charge in [0.25, 0.3) is 15.9 Å². The van der Waals surface area contributed by atoms with Crippen molar-refractivity contribution in [2.45, 2.75) is 30.0 Å². The molecular weight excluding hydrogens is 460 g/mol. The van der Waals surface area contributed by atoms with E-state index in [1.54, 1.807) is 35.7 Å². The highest BCUT2D eigenvalue weighted by Crippen LogP contribution is 2.31. The molecule has 1 saturated heterocycles. The summed E-state index contributed by atoms with van der Waals surface area (Å²) in [5.41, 5.74) is 1.34. The standard InChI is InChI=1S/C24H24N2O5S2/c1-2-31-20-12-10-19(11-13-20)26-22(27)17-21(24(26)28)25(15-14-18-7-4-3-5-8-18)33(29,30)23-9-6-16-32-23/h3-13,16,21H,2,14-15,17H2,1H3. The van der Waals surface area contributed by atoms with E-state index in [1.165, 1.54) is 10.4 Å². The Kier molecular flexibility index (Phi) is 6.92. The highest BCUT2D eigenvalue weighted by molar-refractivity contribution is 7.91. The van der Waals surface area contributed by atoms with E-state index in [-0.39, 0.29) is 17.2 Å². The van der Waals surface area contributed by atoms with Crippen LogP contribution in [-0.4, -0.2) is 43.7 Å². The van der Waals surface area contributed by atoms with Crippen molar-refractivity contribution in [2.75, 3.05) is 18.1 Å². The van der Waals surface area contributed by atoms with Gasteiger partial charge in [-0.1, -0.05) is 36.4 Å². The van der Waals surface area contributed by atoms with E-state index in [9.17, 15) is 18.0 Å². The number of thiophene rings is 1. The fourth-order valence-electron chi connectivity index (χ4n) is 3.82. The van der Waals surface area contributed by atoms with Crippen LogP contribution in [0.25, 0.3) is 0 Å². The normalized spacial score (nSPS) is 16.5. The average molecular weight is 485 g/mol. The number of hydrogen-bond donors (Lipinski definition) is 0. The summed E-state index contributed by atoms with van der Waals surface area (Å²) in [4.78, 5) is 27.3. The third kappa shape index (κ3) is 4.85.